The van der Waals surface area contributed by atoms with Crippen molar-refractivity contribution in [3.8, 4) is 0 Å². The van der Waals surface area contributed by atoms with Gasteiger partial charge in [0.2, 0.25) is 0 Å². The molecule has 84 valence electrons. The van der Waals surface area contributed by atoms with Gasteiger partial charge in [0, 0.05) is 0 Å². The Balaban J connectivity index is 0.000000791. The fraction of sp³-hybridized carbons (Fsp3) is 0.917. The van der Waals surface area contributed by atoms with Crippen LogP contribution in [0.15, 0.2) is 0 Å². The van der Waals surface area contributed by atoms with Crippen LogP contribution in [0.25, 0.3) is 0 Å². The molecule has 1 aliphatic carbocycles. The molecule has 1 unspecified atom stereocenters. The Labute approximate surface area is 88.0 Å². The van der Waals surface area contributed by atoms with Gasteiger partial charge < -0.3 is 4.74 Å². The number of ether oxygens (including phenoxy) is 1. The van der Waals surface area contributed by atoms with E-state index in [0.717, 1.165) is 19.3 Å². The molecule has 2 nitrogen and oxygen atoms in total. The molecule has 0 amide bonds. The average Bonchev–Trinajstić information content (AvgIpc) is 2.18. The molecule has 0 aromatic rings. The zero-order chi connectivity index (χ0) is 11.2. The zero-order valence-electron chi connectivity index (χ0n) is 10.2. The molecule has 0 aromatic carbocycles. The highest BCUT2D eigenvalue weighted by Gasteiger charge is 2.32. The van der Waals surface area contributed by atoms with Crippen molar-refractivity contribution in [2.45, 2.75) is 53.4 Å². The Morgan fingerprint density at radius 2 is 1.93 bits per heavy atom. The summed E-state index contributed by atoms with van der Waals surface area (Å²) in [7, 11) is 1.48. The third-order valence-electron chi connectivity index (χ3n) is 2.74. The molecule has 1 atom stereocenters. The molecule has 0 aliphatic heterocycles. The summed E-state index contributed by atoms with van der Waals surface area (Å²) < 4.78 is 4.74. The lowest BCUT2D eigenvalue weighted by molar-refractivity contribution is -0.147. The van der Waals surface area contributed by atoms with Crippen molar-refractivity contribution >= 4 is 5.97 Å². The molecule has 0 aromatic heterocycles. The molecule has 0 radical (unpaired) electrons. The van der Waals surface area contributed by atoms with Crippen LogP contribution in [0.1, 0.15) is 53.4 Å². The molecule has 1 fully saturated rings. The summed E-state index contributed by atoms with van der Waals surface area (Å²) in [5.41, 5.74) is 0.330. The van der Waals surface area contributed by atoms with Crippen molar-refractivity contribution in [2.75, 3.05) is 7.11 Å². The van der Waals surface area contributed by atoms with Crippen LogP contribution < -0.4 is 0 Å². The monoisotopic (exact) mass is 200 g/mol. The smallest absolute Gasteiger partial charge is 0.308 e. The predicted molar refractivity (Wildman–Crippen MR) is 59.1 cm³/mol. The first-order chi connectivity index (χ1) is 6.55. The van der Waals surface area contributed by atoms with Gasteiger partial charge in [-0.3, -0.25) is 4.79 Å². The normalized spacial score (nSPS) is 24.5. The summed E-state index contributed by atoms with van der Waals surface area (Å²) in [6.45, 7) is 8.45. The topological polar surface area (TPSA) is 26.3 Å². The summed E-state index contributed by atoms with van der Waals surface area (Å²) in [5.74, 6) is 0.126. The van der Waals surface area contributed by atoms with Gasteiger partial charge in [-0.1, -0.05) is 34.1 Å². The van der Waals surface area contributed by atoms with Gasteiger partial charge >= 0.3 is 5.97 Å². The van der Waals surface area contributed by atoms with Crippen LogP contribution in [-0.2, 0) is 9.53 Å². The Kier molecular flexibility index (Phi) is 5.82. The van der Waals surface area contributed by atoms with Gasteiger partial charge in [0.25, 0.3) is 0 Å². The third-order valence-corrected chi connectivity index (χ3v) is 2.74. The third kappa shape index (κ3) is 4.12. The van der Waals surface area contributed by atoms with Gasteiger partial charge in [-0.05, 0) is 24.7 Å². The molecular formula is C12H24O2. The van der Waals surface area contributed by atoms with E-state index in [1.165, 1.54) is 13.5 Å². The molecule has 1 aliphatic rings. The molecule has 1 rings (SSSR count). The van der Waals surface area contributed by atoms with Crippen LogP contribution in [0.4, 0.5) is 0 Å². The highest BCUT2D eigenvalue weighted by Crippen LogP contribution is 2.38. The second-order valence-electron chi connectivity index (χ2n) is 4.48. The molecule has 0 heterocycles. The Hall–Kier alpha value is -0.530. The largest absolute Gasteiger partial charge is 0.469 e. The van der Waals surface area contributed by atoms with E-state index in [9.17, 15) is 4.79 Å². The fourth-order valence-corrected chi connectivity index (χ4v) is 2.07. The van der Waals surface area contributed by atoms with E-state index in [1.54, 1.807) is 0 Å². The maximum atomic E-state index is 11.2. The summed E-state index contributed by atoms with van der Waals surface area (Å²) >= 11 is 0. The first-order valence-electron chi connectivity index (χ1n) is 5.63. The molecule has 0 saturated heterocycles. The SMILES string of the molecule is CC.COC(=O)C1CCCC(C)(C)C1. The van der Waals surface area contributed by atoms with E-state index < -0.39 is 0 Å². The lowest BCUT2D eigenvalue weighted by Crippen LogP contribution is -2.28. The quantitative estimate of drug-likeness (QED) is 0.606. The van der Waals surface area contributed by atoms with Crippen molar-refractivity contribution < 1.29 is 9.53 Å². The Morgan fingerprint density at radius 1 is 1.36 bits per heavy atom. The molecule has 0 spiro atoms. The summed E-state index contributed by atoms with van der Waals surface area (Å²) in [4.78, 5) is 11.2. The van der Waals surface area contributed by atoms with E-state index in [0.29, 0.717) is 5.41 Å². The van der Waals surface area contributed by atoms with Crippen molar-refractivity contribution in [3.05, 3.63) is 0 Å². The minimum atomic E-state index is -0.0252. The highest BCUT2D eigenvalue weighted by atomic mass is 16.5. The minimum Gasteiger partial charge on any atom is -0.469 e. The van der Waals surface area contributed by atoms with E-state index in [-0.39, 0.29) is 11.9 Å². The number of carbonyl (C=O) groups excluding carboxylic acids is 1. The maximum Gasteiger partial charge on any atom is 0.308 e. The molecule has 14 heavy (non-hydrogen) atoms. The first kappa shape index (κ1) is 13.5. The van der Waals surface area contributed by atoms with Crippen molar-refractivity contribution in [2.24, 2.45) is 11.3 Å². The lowest BCUT2D eigenvalue weighted by Gasteiger charge is -2.33. The molecular weight excluding hydrogens is 176 g/mol. The summed E-state index contributed by atoms with van der Waals surface area (Å²) in [6.07, 6.45) is 4.39. The standard InChI is InChI=1S/C10H18O2.C2H6/c1-10(2)6-4-5-8(7-10)9(11)12-3;1-2/h8H,4-7H2,1-3H3;1-2H3. The Morgan fingerprint density at radius 3 is 2.36 bits per heavy atom. The van der Waals surface area contributed by atoms with Crippen LogP contribution >= 0.6 is 0 Å². The van der Waals surface area contributed by atoms with E-state index >= 15 is 0 Å². The minimum absolute atomic E-state index is 0.0252. The van der Waals surface area contributed by atoms with Gasteiger partial charge in [-0.25, -0.2) is 0 Å². The van der Waals surface area contributed by atoms with Crippen molar-refractivity contribution in [1.29, 1.82) is 0 Å². The van der Waals surface area contributed by atoms with Crippen molar-refractivity contribution in [1.82, 2.24) is 0 Å². The second-order valence-corrected chi connectivity index (χ2v) is 4.48. The molecule has 0 bridgehead atoms. The van der Waals surface area contributed by atoms with Gasteiger partial charge in [-0.15, -0.1) is 0 Å². The lowest BCUT2D eigenvalue weighted by atomic mass is 9.72. The average molecular weight is 200 g/mol. The second kappa shape index (κ2) is 6.05. The van der Waals surface area contributed by atoms with Gasteiger partial charge in [0.15, 0.2) is 0 Å². The maximum absolute atomic E-state index is 11.2. The fourth-order valence-electron chi connectivity index (χ4n) is 2.07. The van der Waals surface area contributed by atoms with E-state index in [1.807, 2.05) is 13.8 Å². The van der Waals surface area contributed by atoms with Crippen LogP contribution in [-0.4, -0.2) is 13.1 Å². The highest BCUT2D eigenvalue weighted by molar-refractivity contribution is 5.72. The molecule has 2 heteroatoms. The van der Waals surface area contributed by atoms with Crippen LogP contribution in [0.3, 0.4) is 0 Å². The van der Waals surface area contributed by atoms with Gasteiger partial charge in [0.1, 0.15) is 0 Å². The predicted octanol–water partition coefficient (Wildman–Crippen LogP) is 3.40. The number of hydrogen-bond acceptors (Lipinski definition) is 2. The number of hydrogen-bond donors (Lipinski definition) is 0. The van der Waals surface area contributed by atoms with Crippen LogP contribution in [0, 0.1) is 11.3 Å². The summed E-state index contributed by atoms with van der Waals surface area (Å²) in [5, 5.41) is 0. The number of methoxy groups -OCH3 is 1. The first-order valence-corrected chi connectivity index (χ1v) is 5.63. The number of rotatable bonds is 1. The molecule has 0 N–H and O–H groups in total. The zero-order valence-corrected chi connectivity index (χ0v) is 10.2. The number of carbonyl (C=O) groups is 1. The van der Waals surface area contributed by atoms with Crippen LogP contribution in [0.5, 0.6) is 0 Å². The van der Waals surface area contributed by atoms with Crippen LogP contribution in [0.2, 0.25) is 0 Å². The van der Waals surface area contributed by atoms with Gasteiger partial charge in [0.05, 0.1) is 13.0 Å². The van der Waals surface area contributed by atoms with Gasteiger partial charge in [-0.2, -0.15) is 0 Å². The van der Waals surface area contributed by atoms with E-state index in [4.69, 9.17) is 4.74 Å². The van der Waals surface area contributed by atoms with E-state index in [2.05, 4.69) is 13.8 Å². The number of esters is 1. The van der Waals surface area contributed by atoms with Crippen molar-refractivity contribution in [3.63, 3.8) is 0 Å². The summed E-state index contributed by atoms with van der Waals surface area (Å²) in [6, 6.07) is 0. The molecule has 1 saturated carbocycles. The Bertz CT molecular complexity index is 173.